The zero-order valence-electron chi connectivity index (χ0n) is 19.6. The van der Waals surface area contributed by atoms with Gasteiger partial charge >= 0.3 is 0 Å². The minimum absolute atomic E-state index is 0.00198. The van der Waals surface area contributed by atoms with Crippen LogP contribution in [0.2, 0.25) is 0 Å². The van der Waals surface area contributed by atoms with Crippen LogP contribution in [0.1, 0.15) is 68.0 Å². The molecule has 1 saturated heterocycles. The molecular weight excluding hydrogens is 499 g/mol. The van der Waals surface area contributed by atoms with Crippen LogP contribution in [0, 0.1) is 0 Å². The lowest BCUT2D eigenvalue weighted by Crippen LogP contribution is -2.46. The Hall–Kier alpha value is -2.03. The fourth-order valence-corrected chi connectivity index (χ4v) is 5.93. The second kappa shape index (κ2) is 8.57. The number of fused-ring (bicyclic) bond motifs is 3. The number of pyridine rings is 1. The van der Waals surface area contributed by atoms with Crippen molar-refractivity contribution < 1.29 is 13.9 Å². The molecule has 6 nitrogen and oxygen atoms in total. The number of nitrogens with zero attached hydrogens (tertiary/aromatic N) is 4. The van der Waals surface area contributed by atoms with E-state index in [1.165, 1.54) is 11.1 Å². The maximum Gasteiger partial charge on any atom is 0.150 e. The highest BCUT2D eigenvalue weighted by molar-refractivity contribution is 9.10. The number of benzene rings is 1. The third-order valence-electron chi connectivity index (χ3n) is 7.63. The van der Waals surface area contributed by atoms with Gasteiger partial charge in [-0.3, -0.25) is 4.90 Å². The Labute approximate surface area is 207 Å². The number of halogens is 2. The molecule has 3 aliphatic rings. The summed E-state index contributed by atoms with van der Waals surface area (Å²) < 4.78 is 29.6. The van der Waals surface area contributed by atoms with Crippen molar-refractivity contribution >= 4 is 26.8 Å². The van der Waals surface area contributed by atoms with E-state index in [0.29, 0.717) is 19.4 Å². The van der Waals surface area contributed by atoms with E-state index in [9.17, 15) is 0 Å². The molecular formula is C26H30BrFN4O2. The molecule has 4 heterocycles. The lowest BCUT2D eigenvalue weighted by molar-refractivity contribution is -0.0390. The zero-order chi connectivity index (χ0) is 23.4. The summed E-state index contributed by atoms with van der Waals surface area (Å²) in [6, 6.07) is 6.18. The molecule has 2 fully saturated rings. The Morgan fingerprint density at radius 1 is 1.26 bits per heavy atom. The Morgan fingerprint density at radius 2 is 2.12 bits per heavy atom. The zero-order valence-corrected chi connectivity index (χ0v) is 21.2. The minimum atomic E-state index is -1.09. The SMILES string of the molecule is COc1cc(Br)ncc1C1c2ccc3nn(C4CCCCO4)cc3c2CC(C)N1CC1(F)CC1. The van der Waals surface area contributed by atoms with Gasteiger partial charge in [0, 0.05) is 48.6 Å². The first-order chi connectivity index (χ1) is 16.5. The monoisotopic (exact) mass is 528 g/mol. The van der Waals surface area contributed by atoms with E-state index in [2.05, 4.69) is 51.1 Å². The van der Waals surface area contributed by atoms with E-state index in [0.717, 1.165) is 59.1 Å². The van der Waals surface area contributed by atoms with Crippen molar-refractivity contribution in [3.05, 3.63) is 51.9 Å². The van der Waals surface area contributed by atoms with Gasteiger partial charge in [0.1, 0.15) is 22.2 Å². The largest absolute Gasteiger partial charge is 0.496 e. The van der Waals surface area contributed by atoms with Crippen molar-refractivity contribution in [2.45, 2.75) is 69.4 Å². The topological polar surface area (TPSA) is 52.4 Å². The van der Waals surface area contributed by atoms with Gasteiger partial charge in [-0.15, -0.1) is 0 Å². The van der Waals surface area contributed by atoms with Crippen LogP contribution in [-0.2, 0) is 11.2 Å². The summed E-state index contributed by atoms with van der Waals surface area (Å²) in [6.45, 7) is 3.41. The Morgan fingerprint density at radius 3 is 2.85 bits per heavy atom. The van der Waals surface area contributed by atoms with Crippen molar-refractivity contribution in [1.82, 2.24) is 19.7 Å². The summed E-state index contributed by atoms with van der Waals surface area (Å²) >= 11 is 3.46. The highest BCUT2D eigenvalue weighted by Gasteiger charge is 2.48. The van der Waals surface area contributed by atoms with Gasteiger partial charge in [0.15, 0.2) is 0 Å². The summed E-state index contributed by atoms with van der Waals surface area (Å²) in [6.07, 6.45) is 9.41. The summed E-state index contributed by atoms with van der Waals surface area (Å²) in [5, 5.41) is 6.04. The van der Waals surface area contributed by atoms with Crippen LogP contribution in [0.15, 0.2) is 35.2 Å². The molecule has 3 unspecified atom stereocenters. The smallest absolute Gasteiger partial charge is 0.150 e. The van der Waals surface area contributed by atoms with Crippen LogP contribution in [0.25, 0.3) is 10.9 Å². The third kappa shape index (κ3) is 3.93. The predicted molar refractivity (Wildman–Crippen MR) is 132 cm³/mol. The third-order valence-corrected chi connectivity index (χ3v) is 8.07. The van der Waals surface area contributed by atoms with E-state index >= 15 is 4.39 Å². The average Bonchev–Trinajstić information content (AvgIpc) is 3.40. The Kier molecular flexibility index (Phi) is 5.66. The fourth-order valence-electron chi connectivity index (χ4n) is 5.62. The molecule has 1 aliphatic carbocycles. The lowest BCUT2D eigenvalue weighted by Gasteiger charge is -2.43. The standard InChI is InChI=1S/C26H30BrFN4O2/c1-16-11-18-17(6-7-21-20(18)14-32(30-21)24-5-3-4-10-34-24)25(31(16)15-26(28)8-9-26)19-13-29-23(27)12-22(19)33-2/h6-7,12-14,16,24-25H,3-5,8-11,15H2,1-2H3. The van der Waals surface area contributed by atoms with Crippen LogP contribution >= 0.6 is 15.9 Å². The molecule has 34 heavy (non-hydrogen) atoms. The number of aromatic nitrogens is 3. The fraction of sp³-hybridized carbons (Fsp3) is 0.538. The van der Waals surface area contributed by atoms with Crippen LogP contribution in [0.3, 0.4) is 0 Å². The molecule has 8 heteroatoms. The molecule has 0 N–H and O–H groups in total. The lowest BCUT2D eigenvalue weighted by atomic mass is 9.83. The molecule has 0 radical (unpaired) electrons. The van der Waals surface area contributed by atoms with Crippen molar-refractivity contribution in [2.24, 2.45) is 0 Å². The molecule has 3 atom stereocenters. The summed E-state index contributed by atoms with van der Waals surface area (Å²) in [7, 11) is 1.68. The maximum absolute atomic E-state index is 15.1. The summed E-state index contributed by atoms with van der Waals surface area (Å²) in [5.41, 5.74) is 3.32. The van der Waals surface area contributed by atoms with Gasteiger partial charge in [-0.25, -0.2) is 14.1 Å². The predicted octanol–water partition coefficient (Wildman–Crippen LogP) is 5.74. The molecule has 0 bridgehead atoms. The first-order valence-corrected chi connectivity index (χ1v) is 13.0. The highest BCUT2D eigenvalue weighted by atomic mass is 79.9. The van der Waals surface area contributed by atoms with Gasteiger partial charge in [-0.1, -0.05) is 6.07 Å². The number of ether oxygens (including phenoxy) is 2. The number of methoxy groups -OCH3 is 1. The van der Waals surface area contributed by atoms with Crippen molar-refractivity contribution in [2.75, 3.05) is 20.3 Å². The van der Waals surface area contributed by atoms with Gasteiger partial charge in [-0.05, 0) is 78.6 Å². The van der Waals surface area contributed by atoms with E-state index < -0.39 is 5.67 Å². The average molecular weight is 529 g/mol. The quantitative estimate of drug-likeness (QED) is 0.395. The van der Waals surface area contributed by atoms with Crippen LogP contribution < -0.4 is 4.74 Å². The normalized spacial score (nSPS) is 26.4. The second-order valence-corrected chi connectivity index (χ2v) is 10.8. The second-order valence-electron chi connectivity index (χ2n) is 10.0. The van der Waals surface area contributed by atoms with Crippen molar-refractivity contribution in [3.63, 3.8) is 0 Å². The highest BCUT2D eigenvalue weighted by Crippen LogP contribution is 2.48. The van der Waals surface area contributed by atoms with Gasteiger partial charge in [0.25, 0.3) is 0 Å². The Balaban J connectivity index is 1.49. The van der Waals surface area contributed by atoms with Gasteiger partial charge < -0.3 is 9.47 Å². The molecule has 3 aromatic rings. The molecule has 1 saturated carbocycles. The van der Waals surface area contributed by atoms with E-state index in [4.69, 9.17) is 14.6 Å². The molecule has 2 aromatic heterocycles. The molecule has 2 aliphatic heterocycles. The molecule has 0 amide bonds. The first-order valence-electron chi connectivity index (χ1n) is 12.2. The van der Waals surface area contributed by atoms with Crippen LogP contribution in [0.4, 0.5) is 4.39 Å². The minimum Gasteiger partial charge on any atom is -0.496 e. The van der Waals surface area contributed by atoms with E-state index in [-0.39, 0.29) is 18.3 Å². The van der Waals surface area contributed by atoms with Crippen molar-refractivity contribution in [1.29, 1.82) is 0 Å². The number of hydrogen-bond donors (Lipinski definition) is 0. The number of alkyl halides is 1. The van der Waals surface area contributed by atoms with E-state index in [1.54, 1.807) is 7.11 Å². The van der Waals surface area contributed by atoms with Crippen molar-refractivity contribution in [3.8, 4) is 5.75 Å². The van der Waals surface area contributed by atoms with Crippen LogP contribution in [-0.4, -0.2) is 51.6 Å². The van der Waals surface area contributed by atoms with Gasteiger partial charge in [0.2, 0.25) is 0 Å². The van der Waals surface area contributed by atoms with Gasteiger partial charge in [-0.2, -0.15) is 5.10 Å². The Bertz CT molecular complexity index is 1220. The van der Waals surface area contributed by atoms with E-state index in [1.807, 2.05) is 16.9 Å². The molecule has 6 rings (SSSR count). The molecule has 1 aromatic carbocycles. The number of hydrogen-bond acceptors (Lipinski definition) is 5. The van der Waals surface area contributed by atoms with Gasteiger partial charge in [0.05, 0.1) is 18.7 Å². The molecule has 0 spiro atoms. The number of rotatable bonds is 5. The maximum atomic E-state index is 15.1. The van der Waals surface area contributed by atoms with Crippen LogP contribution in [0.5, 0.6) is 5.75 Å². The summed E-state index contributed by atoms with van der Waals surface area (Å²) in [4.78, 5) is 6.83. The molecule has 180 valence electrons. The first kappa shape index (κ1) is 22.4. The summed E-state index contributed by atoms with van der Waals surface area (Å²) in [5.74, 6) is 0.757.